The van der Waals surface area contributed by atoms with Crippen molar-refractivity contribution < 1.29 is 14.6 Å². The first-order valence-corrected chi connectivity index (χ1v) is 13.6. The Hall–Kier alpha value is 0.130. The molecular weight excluding hydrogens is 376 g/mol. The van der Waals surface area contributed by atoms with E-state index in [1.165, 1.54) is 75.0 Å². The highest BCUT2D eigenvalue weighted by Gasteiger charge is 2.47. The van der Waals surface area contributed by atoms with Gasteiger partial charge in [-0.1, -0.05) is 32.6 Å². The fourth-order valence-corrected chi connectivity index (χ4v) is 6.85. The van der Waals surface area contributed by atoms with Gasteiger partial charge in [-0.25, -0.2) is 0 Å². The molecular formula is C22H40O3S2. The quantitative estimate of drug-likeness (QED) is 0.284. The van der Waals surface area contributed by atoms with Gasteiger partial charge in [0.05, 0.1) is 12.2 Å². The zero-order valence-corrected chi connectivity index (χ0v) is 18.8. The molecule has 2 bridgehead atoms. The van der Waals surface area contributed by atoms with Crippen molar-refractivity contribution in [3.63, 3.8) is 0 Å². The molecule has 0 aromatic rings. The summed E-state index contributed by atoms with van der Waals surface area (Å²) in [5.74, 6) is 5.85. The summed E-state index contributed by atoms with van der Waals surface area (Å²) in [5.41, 5.74) is 0. The Morgan fingerprint density at radius 3 is 2.30 bits per heavy atom. The number of rotatable bonds is 17. The van der Waals surface area contributed by atoms with E-state index in [0.29, 0.717) is 18.6 Å². The molecule has 2 heterocycles. The van der Waals surface area contributed by atoms with Gasteiger partial charge in [-0.05, 0) is 79.8 Å². The van der Waals surface area contributed by atoms with E-state index in [1.807, 2.05) is 11.8 Å². The second-order valence-electron chi connectivity index (χ2n) is 8.21. The van der Waals surface area contributed by atoms with Gasteiger partial charge in [0, 0.05) is 6.42 Å². The number of hydrogen-bond acceptors (Lipinski definition) is 4. The fraction of sp³-hybridized carbons (Fsp3) is 0.955. The van der Waals surface area contributed by atoms with Crippen LogP contribution in [-0.4, -0.2) is 46.3 Å². The van der Waals surface area contributed by atoms with Crippen molar-refractivity contribution in [3.8, 4) is 0 Å². The summed E-state index contributed by atoms with van der Waals surface area (Å²) < 4.78 is 6.24. The summed E-state index contributed by atoms with van der Waals surface area (Å²) >= 11 is 4.17. The summed E-state index contributed by atoms with van der Waals surface area (Å²) in [7, 11) is 0. The molecule has 0 aromatic carbocycles. The van der Waals surface area contributed by atoms with E-state index >= 15 is 0 Å². The van der Waals surface area contributed by atoms with Crippen LogP contribution >= 0.6 is 23.5 Å². The predicted octanol–water partition coefficient (Wildman–Crippen LogP) is 6.25. The molecule has 2 rings (SSSR count). The molecule has 0 radical (unpaired) electrons. The first kappa shape index (κ1) is 23.4. The Labute approximate surface area is 175 Å². The van der Waals surface area contributed by atoms with Gasteiger partial charge in [-0.3, -0.25) is 4.79 Å². The maximum atomic E-state index is 10.6. The number of thioether (sulfide) groups is 2. The maximum Gasteiger partial charge on any atom is 0.303 e. The van der Waals surface area contributed by atoms with Crippen molar-refractivity contribution in [2.24, 2.45) is 11.8 Å². The van der Waals surface area contributed by atoms with Gasteiger partial charge in [-0.15, -0.1) is 0 Å². The highest BCUT2D eigenvalue weighted by Crippen LogP contribution is 2.46. The van der Waals surface area contributed by atoms with Gasteiger partial charge in [0.1, 0.15) is 0 Å². The molecule has 2 saturated heterocycles. The molecule has 5 heteroatoms. The Morgan fingerprint density at radius 1 is 0.889 bits per heavy atom. The number of carbonyl (C=O) groups is 1. The van der Waals surface area contributed by atoms with Gasteiger partial charge in [0.15, 0.2) is 0 Å². The smallest absolute Gasteiger partial charge is 0.303 e. The average Bonchev–Trinajstić information content (AvgIpc) is 3.25. The lowest BCUT2D eigenvalue weighted by Gasteiger charge is -2.27. The molecule has 2 aliphatic rings. The van der Waals surface area contributed by atoms with Crippen LogP contribution in [0.4, 0.5) is 0 Å². The monoisotopic (exact) mass is 416 g/mol. The minimum atomic E-state index is -0.666. The maximum absolute atomic E-state index is 10.6. The lowest BCUT2D eigenvalue weighted by molar-refractivity contribution is -0.137. The molecule has 4 atom stereocenters. The summed E-state index contributed by atoms with van der Waals surface area (Å²) in [5, 5.41) is 8.71. The molecule has 0 aliphatic carbocycles. The van der Waals surface area contributed by atoms with Crippen LogP contribution in [0.2, 0.25) is 0 Å². The van der Waals surface area contributed by atoms with Gasteiger partial charge in [0.25, 0.3) is 0 Å². The minimum Gasteiger partial charge on any atom is -0.481 e. The molecule has 2 fully saturated rings. The number of hydrogen-bond donors (Lipinski definition) is 1. The van der Waals surface area contributed by atoms with Crippen molar-refractivity contribution in [1.29, 1.82) is 0 Å². The largest absolute Gasteiger partial charge is 0.481 e. The Bertz CT molecular complexity index is 405. The van der Waals surface area contributed by atoms with Crippen LogP contribution < -0.4 is 0 Å². The topological polar surface area (TPSA) is 46.5 Å². The zero-order chi connectivity index (χ0) is 19.3. The molecule has 0 aromatic heterocycles. The third-order valence-corrected chi connectivity index (χ3v) is 8.40. The first-order valence-electron chi connectivity index (χ1n) is 11.2. The number of aliphatic carboxylic acids is 1. The van der Waals surface area contributed by atoms with Crippen molar-refractivity contribution in [1.82, 2.24) is 0 Å². The van der Waals surface area contributed by atoms with Crippen LogP contribution in [0.1, 0.15) is 84.0 Å². The van der Waals surface area contributed by atoms with E-state index < -0.39 is 5.97 Å². The number of carboxylic acids is 1. The lowest BCUT2D eigenvalue weighted by atomic mass is 9.78. The SMILES string of the molecule is CCCCCCSCCCCC1C2CCC(O2)C1CSCCCCC(=O)O. The van der Waals surface area contributed by atoms with E-state index in [1.54, 1.807) is 0 Å². The molecule has 0 spiro atoms. The molecule has 2 aliphatic heterocycles. The molecule has 27 heavy (non-hydrogen) atoms. The number of ether oxygens (including phenoxy) is 1. The van der Waals surface area contributed by atoms with Gasteiger partial charge < -0.3 is 9.84 Å². The molecule has 4 unspecified atom stereocenters. The highest BCUT2D eigenvalue weighted by atomic mass is 32.2. The van der Waals surface area contributed by atoms with E-state index in [2.05, 4.69) is 18.7 Å². The van der Waals surface area contributed by atoms with Crippen LogP contribution in [0, 0.1) is 11.8 Å². The Kier molecular flexibility index (Phi) is 12.3. The van der Waals surface area contributed by atoms with Crippen molar-refractivity contribution >= 4 is 29.5 Å². The van der Waals surface area contributed by atoms with Crippen molar-refractivity contribution in [2.75, 3.05) is 23.0 Å². The number of carboxylic acid groups (broad SMARTS) is 1. The normalized spacial score (nSPS) is 26.7. The highest BCUT2D eigenvalue weighted by molar-refractivity contribution is 7.99. The average molecular weight is 417 g/mol. The fourth-order valence-electron chi connectivity index (χ4n) is 4.52. The van der Waals surface area contributed by atoms with Crippen LogP contribution in [0.25, 0.3) is 0 Å². The summed E-state index contributed by atoms with van der Waals surface area (Å²) in [6.45, 7) is 2.28. The van der Waals surface area contributed by atoms with E-state index in [-0.39, 0.29) is 0 Å². The molecule has 1 N–H and O–H groups in total. The van der Waals surface area contributed by atoms with Crippen molar-refractivity contribution in [3.05, 3.63) is 0 Å². The Balaban J connectivity index is 1.53. The lowest BCUT2D eigenvalue weighted by Crippen LogP contribution is -2.29. The second-order valence-corrected chi connectivity index (χ2v) is 10.6. The standard InChI is InChI=1S/C22H40O3S2/c1-2-3-4-7-14-26-15-8-5-10-18-19(21-13-12-20(18)25-21)17-27-16-9-6-11-22(23)24/h18-21H,2-17H2,1H3,(H,23,24). The third-order valence-electron chi connectivity index (χ3n) is 6.05. The first-order chi connectivity index (χ1) is 13.2. The van der Waals surface area contributed by atoms with Gasteiger partial charge in [-0.2, -0.15) is 23.5 Å². The van der Waals surface area contributed by atoms with Gasteiger partial charge >= 0.3 is 5.97 Å². The third kappa shape index (κ3) is 8.99. The number of fused-ring (bicyclic) bond motifs is 2. The second kappa shape index (κ2) is 14.2. The van der Waals surface area contributed by atoms with Gasteiger partial charge in [0.2, 0.25) is 0 Å². The van der Waals surface area contributed by atoms with Crippen LogP contribution in [0.3, 0.4) is 0 Å². The molecule has 0 amide bonds. The minimum absolute atomic E-state index is 0.317. The van der Waals surface area contributed by atoms with E-state index in [0.717, 1.165) is 30.4 Å². The molecule has 3 nitrogen and oxygen atoms in total. The number of unbranched alkanes of at least 4 members (excludes halogenated alkanes) is 5. The molecule has 0 saturated carbocycles. The summed E-state index contributed by atoms with van der Waals surface area (Å²) in [4.78, 5) is 10.6. The van der Waals surface area contributed by atoms with Crippen LogP contribution in [-0.2, 0) is 9.53 Å². The Morgan fingerprint density at radius 2 is 1.56 bits per heavy atom. The van der Waals surface area contributed by atoms with E-state index in [4.69, 9.17) is 9.84 Å². The zero-order valence-electron chi connectivity index (χ0n) is 17.2. The summed E-state index contributed by atoms with van der Waals surface area (Å²) in [6, 6.07) is 0. The van der Waals surface area contributed by atoms with Crippen molar-refractivity contribution in [2.45, 2.75) is 96.2 Å². The van der Waals surface area contributed by atoms with E-state index in [9.17, 15) is 4.79 Å². The van der Waals surface area contributed by atoms with Crippen LogP contribution in [0.5, 0.6) is 0 Å². The molecule has 158 valence electrons. The predicted molar refractivity (Wildman–Crippen MR) is 119 cm³/mol. The van der Waals surface area contributed by atoms with Crippen LogP contribution in [0.15, 0.2) is 0 Å². The summed E-state index contributed by atoms with van der Waals surface area (Å²) in [6.07, 6.45) is 15.3.